The molecule has 0 radical (unpaired) electrons. The first-order chi connectivity index (χ1) is 8.97. The highest BCUT2D eigenvalue weighted by atomic mass is 79.9. The quantitative estimate of drug-likeness (QED) is 0.727. The van der Waals surface area contributed by atoms with Crippen molar-refractivity contribution in [3.05, 3.63) is 56.7 Å². The second-order valence-corrected chi connectivity index (χ2v) is 6.02. The van der Waals surface area contributed by atoms with Crippen LogP contribution in [0.5, 0.6) is 0 Å². The minimum Gasteiger partial charge on any atom is -0.389 e. The maximum atomic E-state index is 13.7. The molecular formula is C13H9Br2FN2S. The molecule has 3 N–H and O–H groups in total. The van der Waals surface area contributed by atoms with Crippen LogP contribution in [-0.2, 0) is 0 Å². The highest BCUT2D eigenvalue weighted by Gasteiger charge is 2.07. The Labute approximate surface area is 132 Å². The van der Waals surface area contributed by atoms with Gasteiger partial charge in [-0.05, 0) is 52.3 Å². The van der Waals surface area contributed by atoms with Gasteiger partial charge in [0.05, 0.1) is 11.4 Å². The van der Waals surface area contributed by atoms with Gasteiger partial charge in [-0.1, -0.05) is 28.1 Å². The summed E-state index contributed by atoms with van der Waals surface area (Å²) in [6, 6.07) is 10.1. The Morgan fingerprint density at radius 1 is 1.11 bits per heavy atom. The van der Waals surface area contributed by atoms with Gasteiger partial charge in [0.15, 0.2) is 0 Å². The van der Waals surface area contributed by atoms with Gasteiger partial charge >= 0.3 is 0 Å². The lowest BCUT2D eigenvalue weighted by atomic mass is 10.2. The van der Waals surface area contributed by atoms with Gasteiger partial charge in [0.25, 0.3) is 0 Å². The van der Waals surface area contributed by atoms with E-state index >= 15 is 0 Å². The summed E-state index contributed by atoms with van der Waals surface area (Å²) in [5, 5.41) is 3.01. The minimum absolute atomic E-state index is 0.320. The van der Waals surface area contributed by atoms with Crippen LogP contribution in [0.25, 0.3) is 0 Å². The van der Waals surface area contributed by atoms with Crippen molar-refractivity contribution in [3.63, 3.8) is 0 Å². The number of rotatable bonds is 3. The maximum Gasteiger partial charge on any atom is 0.146 e. The summed E-state index contributed by atoms with van der Waals surface area (Å²) in [6.07, 6.45) is 0. The lowest BCUT2D eigenvalue weighted by Crippen LogP contribution is -2.09. The molecule has 2 rings (SSSR count). The summed E-state index contributed by atoms with van der Waals surface area (Å²) in [7, 11) is 0. The smallest absolute Gasteiger partial charge is 0.146 e. The Bertz CT molecular complexity index is 647. The monoisotopic (exact) mass is 402 g/mol. The van der Waals surface area contributed by atoms with Gasteiger partial charge in [-0.15, -0.1) is 0 Å². The molecule has 0 aliphatic heterocycles. The maximum absolute atomic E-state index is 13.7. The van der Waals surface area contributed by atoms with Crippen molar-refractivity contribution in [2.75, 3.05) is 5.32 Å². The van der Waals surface area contributed by atoms with E-state index in [0.29, 0.717) is 10.7 Å². The first kappa shape index (κ1) is 14.4. The average molecular weight is 404 g/mol. The molecule has 2 nitrogen and oxygen atoms in total. The molecular weight excluding hydrogens is 395 g/mol. The molecule has 0 atom stereocenters. The summed E-state index contributed by atoms with van der Waals surface area (Å²) < 4.78 is 15.2. The van der Waals surface area contributed by atoms with Crippen LogP contribution in [0.4, 0.5) is 15.8 Å². The number of thiocarbonyl (C=S) groups is 1. The van der Waals surface area contributed by atoms with Crippen LogP contribution < -0.4 is 11.1 Å². The zero-order valence-corrected chi connectivity index (χ0v) is 13.6. The number of halogens is 3. The molecule has 0 amide bonds. The predicted octanol–water partition coefficient (Wildman–Crippen LogP) is 4.73. The van der Waals surface area contributed by atoms with Gasteiger partial charge in [0.1, 0.15) is 10.8 Å². The highest BCUT2D eigenvalue weighted by molar-refractivity contribution is 9.10. The van der Waals surface area contributed by atoms with Gasteiger partial charge in [-0.25, -0.2) is 4.39 Å². The van der Waals surface area contributed by atoms with Gasteiger partial charge in [-0.2, -0.15) is 0 Å². The van der Waals surface area contributed by atoms with Crippen molar-refractivity contribution in [1.29, 1.82) is 0 Å². The van der Waals surface area contributed by atoms with Crippen molar-refractivity contribution < 1.29 is 4.39 Å². The zero-order chi connectivity index (χ0) is 14.0. The molecule has 0 aliphatic carbocycles. The van der Waals surface area contributed by atoms with Crippen LogP contribution in [0.1, 0.15) is 5.56 Å². The highest BCUT2D eigenvalue weighted by Crippen LogP contribution is 2.29. The van der Waals surface area contributed by atoms with Crippen LogP contribution in [0.2, 0.25) is 0 Å². The number of anilines is 2. The number of hydrogen-bond donors (Lipinski definition) is 2. The van der Waals surface area contributed by atoms with Crippen LogP contribution in [-0.4, -0.2) is 4.99 Å². The van der Waals surface area contributed by atoms with E-state index in [2.05, 4.69) is 37.2 Å². The third-order valence-corrected chi connectivity index (χ3v) is 3.84. The fourth-order valence-electron chi connectivity index (χ4n) is 1.51. The van der Waals surface area contributed by atoms with Gasteiger partial charge in [0, 0.05) is 14.5 Å². The molecule has 0 saturated carbocycles. The van der Waals surface area contributed by atoms with E-state index in [9.17, 15) is 4.39 Å². The SMILES string of the molecule is NC(=S)c1ccc(Nc2cc(Br)ccc2F)c(Br)c1. The molecule has 0 fully saturated rings. The second kappa shape index (κ2) is 5.98. The second-order valence-electron chi connectivity index (χ2n) is 3.81. The first-order valence-electron chi connectivity index (χ1n) is 5.29. The fraction of sp³-hybridized carbons (Fsp3) is 0. The summed E-state index contributed by atoms with van der Waals surface area (Å²) >= 11 is 11.6. The molecule has 2 aromatic carbocycles. The fourth-order valence-corrected chi connectivity index (χ4v) is 2.47. The Balaban J connectivity index is 2.33. The normalized spacial score (nSPS) is 10.3. The molecule has 0 spiro atoms. The Kier molecular flexibility index (Phi) is 4.54. The van der Waals surface area contributed by atoms with Crippen molar-refractivity contribution in [1.82, 2.24) is 0 Å². The van der Waals surface area contributed by atoms with Gasteiger partial charge in [-0.3, -0.25) is 0 Å². The third-order valence-electron chi connectivity index (χ3n) is 2.45. The number of benzene rings is 2. The summed E-state index contributed by atoms with van der Waals surface area (Å²) in [4.78, 5) is 0.320. The predicted molar refractivity (Wildman–Crippen MR) is 87.4 cm³/mol. The molecule has 0 bridgehead atoms. The Morgan fingerprint density at radius 3 is 2.47 bits per heavy atom. The lowest BCUT2D eigenvalue weighted by Gasteiger charge is -2.11. The van der Waals surface area contributed by atoms with Crippen LogP contribution in [0, 0.1) is 5.82 Å². The van der Waals surface area contributed by atoms with Crippen molar-refractivity contribution >= 4 is 60.4 Å². The molecule has 2 aromatic rings. The summed E-state index contributed by atoms with van der Waals surface area (Å²) in [5.74, 6) is -0.325. The van der Waals surface area contributed by atoms with E-state index in [1.807, 2.05) is 0 Å². The largest absolute Gasteiger partial charge is 0.389 e. The molecule has 19 heavy (non-hydrogen) atoms. The first-order valence-corrected chi connectivity index (χ1v) is 7.28. The van der Waals surface area contributed by atoms with E-state index in [-0.39, 0.29) is 5.82 Å². The van der Waals surface area contributed by atoms with E-state index in [1.165, 1.54) is 6.07 Å². The molecule has 0 unspecified atom stereocenters. The van der Waals surface area contributed by atoms with Crippen LogP contribution >= 0.6 is 44.1 Å². The van der Waals surface area contributed by atoms with E-state index in [0.717, 1.165) is 20.2 Å². The van der Waals surface area contributed by atoms with Crippen LogP contribution in [0.15, 0.2) is 45.3 Å². The molecule has 6 heteroatoms. The number of hydrogen-bond acceptors (Lipinski definition) is 2. The third kappa shape index (κ3) is 3.52. The average Bonchev–Trinajstić information content (AvgIpc) is 2.36. The number of nitrogens with one attached hydrogen (secondary N) is 1. The molecule has 0 aliphatic rings. The van der Waals surface area contributed by atoms with Crippen molar-refractivity contribution in [2.24, 2.45) is 5.73 Å². The molecule has 0 aromatic heterocycles. The zero-order valence-electron chi connectivity index (χ0n) is 9.58. The summed E-state index contributed by atoms with van der Waals surface area (Å²) in [6.45, 7) is 0. The van der Waals surface area contributed by atoms with Crippen molar-refractivity contribution in [3.8, 4) is 0 Å². The minimum atomic E-state index is -0.325. The standard InChI is InChI=1S/C13H9Br2FN2S/c14-8-2-3-10(16)12(6-8)18-11-4-1-7(13(17)19)5-9(11)15/h1-6,18H,(H2,17,19). The Morgan fingerprint density at radius 2 is 1.84 bits per heavy atom. The van der Waals surface area contributed by atoms with Crippen LogP contribution in [0.3, 0.4) is 0 Å². The molecule has 0 saturated heterocycles. The molecule has 0 heterocycles. The Hall–Kier alpha value is -0.980. The van der Waals surface area contributed by atoms with E-state index < -0.39 is 0 Å². The van der Waals surface area contributed by atoms with Crippen molar-refractivity contribution in [2.45, 2.75) is 0 Å². The van der Waals surface area contributed by atoms with E-state index in [1.54, 1.807) is 30.3 Å². The molecule has 98 valence electrons. The van der Waals surface area contributed by atoms with Gasteiger partial charge < -0.3 is 11.1 Å². The number of nitrogens with two attached hydrogens (primary N) is 1. The van der Waals surface area contributed by atoms with E-state index in [4.69, 9.17) is 18.0 Å². The van der Waals surface area contributed by atoms with Gasteiger partial charge in [0.2, 0.25) is 0 Å². The topological polar surface area (TPSA) is 38.0 Å². The summed E-state index contributed by atoms with van der Waals surface area (Å²) in [5.41, 5.74) is 7.43. The lowest BCUT2D eigenvalue weighted by molar-refractivity contribution is 0.631.